The van der Waals surface area contributed by atoms with Crippen molar-refractivity contribution in [2.75, 3.05) is 12.8 Å². The molecule has 0 atom stereocenters. The van der Waals surface area contributed by atoms with Gasteiger partial charge in [0.05, 0.1) is 0 Å². The highest BCUT2D eigenvalue weighted by Gasteiger charge is 2.32. The van der Waals surface area contributed by atoms with Crippen molar-refractivity contribution in [1.82, 2.24) is 5.32 Å². The molecule has 2 aliphatic carbocycles. The van der Waals surface area contributed by atoms with Crippen LogP contribution in [0.5, 0.6) is 0 Å². The predicted octanol–water partition coefficient (Wildman–Crippen LogP) is 5.00. The molecule has 0 heterocycles. The summed E-state index contributed by atoms with van der Waals surface area (Å²) in [7, 11) is 0. The summed E-state index contributed by atoms with van der Waals surface area (Å²) in [4.78, 5) is 0. The minimum atomic E-state index is 0.568. The van der Waals surface area contributed by atoms with E-state index in [1.807, 2.05) is 0 Å². The van der Waals surface area contributed by atoms with Crippen LogP contribution in [0.1, 0.15) is 77.6 Å². The Kier molecular flexibility index (Phi) is 6.55. The molecular weight excluding hydrogens is 250 g/mol. The van der Waals surface area contributed by atoms with Gasteiger partial charge in [-0.15, -0.1) is 0 Å². The molecule has 112 valence electrons. The first-order valence-electron chi connectivity index (χ1n) is 8.56. The molecular formula is C17H33NS. The molecule has 1 nitrogen and oxygen atoms in total. The lowest BCUT2D eigenvalue weighted by atomic mass is 9.83. The van der Waals surface area contributed by atoms with Gasteiger partial charge in [-0.1, -0.05) is 39.0 Å². The Bertz CT molecular complexity index is 240. The van der Waals surface area contributed by atoms with Crippen LogP contribution in [0.25, 0.3) is 0 Å². The Morgan fingerprint density at radius 1 is 1.05 bits per heavy atom. The topological polar surface area (TPSA) is 12.0 Å². The summed E-state index contributed by atoms with van der Waals surface area (Å²) < 4.78 is 0.568. The number of rotatable bonds is 6. The quantitative estimate of drug-likeness (QED) is 0.736. The first-order chi connectivity index (χ1) is 9.28. The van der Waals surface area contributed by atoms with E-state index >= 15 is 0 Å². The van der Waals surface area contributed by atoms with Crippen molar-refractivity contribution < 1.29 is 0 Å². The van der Waals surface area contributed by atoms with E-state index in [9.17, 15) is 0 Å². The van der Waals surface area contributed by atoms with E-state index in [0.717, 1.165) is 12.0 Å². The molecule has 2 rings (SSSR count). The summed E-state index contributed by atoms with van der Waals surface area (Å²) in [6.45, 7) is 3.59. The number of thioether (sulfide) groups is 1. The molecule has 19 heavy (non-hydrogen) atoms. The minimum Gasteiger partial charge on any atom is -0.313 e. The Hall–Kier alpha value is 0.310. The van der Waals surface area contributed by atoms with Crippen molar-refractivity contribution >= 4 is 11.8 Å². The van der Waals surface area contributed by atoms with Gasteiger partial charge in [-0.3, -0.25) is 0 Å². The van der Waals surface area contributed by atoms with Gasteiger partial charge < -0.3 is 5.32 Å². The molecule has 2 fully saturated rings. The summed E-state index contributed by atoms with van der Waals surface area (Å²) in [6, 6.07) is 0.819. The van der Waals surface area contributed by atoms with E-state index < -0.39 is 0 Å². The molecule has 2 saturated carbocycles. The van der Waals surface area contributed by atoms with Crippen molar-refractivity contribution in [3.05, 3.63) is 0 Å². The molecule has 0 aromatic carbocycles. The van der Waals surface area contributed by atoms with Gasteiger partial charge in [-0.05, 0) is 50.7 Å². The lowest BCUT2D eigenvalue weighted by Gasteiger charge is -2.38. The van der Waals surface area contributed by atoms with Crippen molar-refractivity contribution in [2.45, 2.75) is 88.3 Å². The molecule has 0 spiro atoms. The fourth-order valence-electron chi connectivity index (χ4n) is 4.04. The van der Waals surface area contributed by atoms with E-state index in [2.05, 4.69) is 30.3 Å². The van der Waals surface area contributed by atoms with Gasteiger partial charge in [0.25, 0.3) is 0 Å². The third kappa shape index (κ3) is 4.67. The van der Waals surface area contributed by atoms with Gasteiger partial charge in [0, 0.05) is 17.3 Å². The van der Waals surface area contributed by atoms with E-state index in [-0.39, 0.29) is 0 Å². The van der Waals surface area contributed by atoms with Crippen LogP contribution in [0.3, 0.4) is 0 Å². The number of hydrogen-bond donors (Lipinski definition) is 1. The van der Waals surface area contributed by atoms with Crippen LogP contribution in [0.4, 0.5) is 0 Å². The fourth-order valence-corrected chi connectivity index (χ4v) is 4.97. The zero-order valence-electron chi connectivity index (χ0n) is 13.0. The Labute approximate surface area is 124 Å². The van der Waals surface area contributed by atoms with E-state index in [4.69, 9.17) is 0 Å². The second kappa shape index (κ2) is 7.93. The van der Waals surface area contributed by atoms with Crippen LogP contribution < -0.4 is 5.32 Å². The molecule has 0 unspecified atom stereocenters. The van der Waals surface area contributed by atoms with E-state index in [1.54, 1.807) is 0 Å². The highest BCUT2D eigenvalue weighted by Crippen LogP contribution is 2.38. The Balaban J connectivity index is 1.70. The second-order valence-corrected chi connectivity index (χ2v) is 8.11. The second-order valence-electron chi connectivity index (χ2n) is 6.84. The molecule has 2 aliphatic rings. The van der Waals surface area contributed by atoms with Crippen LogP contribution in [0, 0.1) is 5.92 Å². The van der Waals surface area contributed by atoms with Gasteiger partial charge >= 0.3 is 0 Å². The summed E-state index contributed by atoms with van der Waals surface area (Å²) in [5.41, 5.74) is 0. The lowest BCUT2D eigenvalue weighted by molar-refractivity contribution is 0.265. The Morgan fingerprint density at radius 2 is 1.74 bits per heavy atom. The van der Waals surface area contributed by atoms with Crippen molar-refractivity contribution in [3.8, 4) is 0 Å². The monoisotopic (exact) mass is 283 g/mol. The predicted molar refractivity (Wildman–Crippen MR) is 88.0 cm³/mol. The van der Waals surface area contributed by atoms with Gasteiger partial charge in [0.2, 0.25) is 0 Å². The summed E-state index contributed by atoms with van der Waals surface area (Å²) in [5.74, 6) is 1.03. The van der Waals surface area contributed by atoms with Crippen LogP contribution in [0.2, 0.25) is 0 Å². The number of hydrogen-bond acceptors (Lipinski definition) is 2. The maximum atomic E-state index is 3.92. The third-order valence-electron chi connectivity index (χ3n) is 5.45. The third-order valence-corrected chi connectivity index (χ3v) is 6.87. The Morgan fingerprint density at radius 3 is 2.32 bits per heavy atom. The van der Waals surface area contributed by atoms with Gasteiger partial charge in [0.1, 0.15) is 0 Å². The molecule has 0 aliphatic heterocycles. The SMILES string of the molecule is CCCC1CCC(NCC2(SC)CCCCC2)CC1. The maximum Gasteiger partial charge on any atom is 0.0281 e. The number of nitrogens with one attached hydrogen (secondary N) is 1. The average Bonchev–Trinajstić information content (AvgIpc) is 2.48. The highest BCUT2D eigenvalue weighted by molar-refractivity contribution is 8.00. The van der Waals surface area contributed by atoms with Crippen LogP contribution >= 0.6 is 11.8 Å². The largest absolute Gasteiger partial charge is 0.313 e. The van der Waals surface area contributed by atoms with Crippen molar-refractivity contribution in [1.29, 1.82) is 0 Å². The molecule has 0 aromatic rings. The van der Waals surface area contributed by atoms with Crippen LogP contribution in [0.15, 0.2) is 0 Å². The maximum absolute atomic E-state index is 3.92. The summed E-state index contributed by atoms with van der Waals surface area (Å²) in [6.07, 6.45) is 18.2. The zero-order chi connectivity index (χ0) is 13.6. The van der Waals surface area contributed by atoms with Gasteiger partial charge in [0.15, 0.2) is 0 Å². The minimum absolute atomic E-state index is 0.568. The van der Waals surface area contributed by atoms with Crippen molar-refractivity contribution in [2.24, 2.45) is 5.92 Å². The molecule has 0 radical (unpaired) electrons. The summed E-state index contributed by atoms with van der Waals surface area (Å²) >= 11 is 2.13. The molecule has 0 aromatic heterocycles. The first kappa shape index (κ1) is 15.7. The van der Waals surface area contributed by atoms with Gasteiger partial charge in [-0.2, -0.15) is 11.8 Å². The zero-order valence-corrected chi connectivity index (χ0v) is 13.9. The molecule has 0 bridgehead atoms. The molecule has 2 heteroatoms. The first-order valence-corrected chi connectivity index (χ1v) is 9.79. The van der Waals surface area contributed by atoms with Crippen molar-refractivity contribution in [3.63, 3.8) is 0 Å². The highest BCUT2D eigenvalue weighted by atomic mass is 32.2. The smallest absolute Gasteiger partial charge is 0.0281 e. The fraction of sp³-hybridized carbons (Fsp3) is 1.00. The normalized spacial score (nSPS) is 31.3. The molecule has 0 amide bonds. The lowest BCUT2D eigenvalue weighted by Crippen LogP contribution is -2.44. The van der Waals surface area contributed by atoms with E-state index in [1.165, 1.54) is 77.2 Å². The van der Waals surface area contributed by atoms with Gasteiger partial charge in [-0.25, -0.2) is 0 Å². The van der Waals surface area contributed by atoms with Crippen LogP contribution in [-0.2, 0) is 0 Å². The standard InChI is InChI=1S/C17H33NS/c1-3-7-15-8-10-16(11-9-15)18-14-17(19-2)12-5-4-6-13-17/h15-16,18H,3-14H2,1-2H3. The van der Waals surface area contributed by atoms with E-state index in [0.29, 0.717) is 4.75 Å². The summed E-state index contributed by atoms with van der Waals surface area (Å²) in [5, 5.41) is 3.92. The molecule has 0 saturated heterocycles. The van der Waals surface area contributed by atoms with Crippen LogP contribution in [-0.4, -0.2) is 23.6 Å². The molecule has 1 N–H and O–H groups in total. The average molecular weight is 284 g/mol.